The third-order valence-electron chi connectivity index (χ3n) is 6.26. The predicted molar refractivity (Wildman–Crippen MR) is 123 cm³/mol. The quantitative estimate of drug-likeness (QED) is 0.500. The first-order valence-corrected chi connectivity index (χ1v) is 10.7. The van der Waals surface area contributed by atoms with Gasteiger partial charge >= 0.3 is 0 Å². The van der Waals surface area contributed by atoms with Crippen LogP contribution in [0.2, 0.25) is 0 Å². The molecule has 32 heavy (non-hydrogen) atoms. The fourth-order valence-electron chi connectivity index (χ4n) is 4.56. The lowest BCUT2D eigenvalue weighted by atomic mass is 9.91. The molecule has 0 aliphatic carbocycles. The summed E-state index contributed by atoms with van der Waals surface area (Å²) in [5, 5.41) is 19.3. The number of nitrogens with one attached hydrogen (secondary N) is 1. The molecule has 0 saturated carbocycles. The van der Waals surface area contributed by atoms with Gasteiger partial charge in [0, 0.05) is 40.0 Å². The van der Waals surface area contributed by atoms with E-state index in [9.17, 15) is 9.65 Å². The Hall–Kier alpha value is -3.76. The van der Waals surface area contributed by atoms with Gasteiger partial charge in [-0.15, -0.1) is 0 Å². The van der Waals surface area contributed by atoms with Gasteiger partial charge in [-0.3, -0.25) is 4.68 Å². The molecule has 0 unspecified atom stereocenters. The minimum Gasteiger partial charge on any atom is -0.383 e. The summed E-state index contributed by atoms with van der Waals surface area (Å²) in [6, 6.07) is 11.1. The van der Waals surface area contributed by atoms with Gasteiger partial charge in [-0.2, -0.15) is 10.4 Å². The fourth-order valence-corrected chi connectivity index (χ4v) is 4.56. The third kappa shape index (κ3) is 3.39. The van der Waals surface area contributed by atoms with Gasteiger partial charge in [-0.1, -0.05) is 12.1 Å². The topological polar surface area (TPSA) is 92.6 Å². The lowest BCUT2D eigenvalue weighted by Crippen LogP contribution is -2.29. The van der Waals surface area contributed by atoms with Crippen molar-refractivity contribution in [2.24, 2.45) is 0 Å². The van der Waals surface area contributed by atoms with E-state index in [1.165, 1.54) is 6.07 Å². The van der Waals surface area contributed by atoms with Crippen molar-refractivity contribution in [1.82, 2.24) is 20.1 Å². The molecule has 160 valence electrons. The van der Waals surface area contributed by atoms with E-state index < -0.39 is 0 Å². The summed E-state index contributed by atoms with van der Waals surface area (Å²) in [4.78, 5) is 4.37. The molecule has 0 amide bonds. The summed E-state index contributed by atoms with van der Waals surface area (Å²) in [6.07, 6.45) is 7.66. The van der Waals surface area contributed by atoms with E-state index in [1.807, 2.05) is 36.1 Å². The van der Waals surface area contributed by atoms with Crippen LogP contribution in [0.4, 0.5) is 10.2 Å². The van der Waals surface area contributed by atoms with Crippen molar-refractivity contribution >= 4 is 16.6 Å². The molecule has 2 aromatic heterocycles. The number of fused-ring (bicyclic) bond motifs is 1. The predicted octanol–water partition coefficient (Wildman–Crippen LogP) is 4.59. The molecule has 2 aromatic carbocycles. The van der Waals surface area contributed by atoms with E-state index in [-0.39, 0.29) is 5.82 Å². The van der Waals surface area contributed by atoms with E-state index in [2.05, 4.69) is 21.5 Å². The Morgan fingerprint density at radius 1 is 1.16 bits per heavy atom. The SMILES string of the molecule is Cc1cccc(F)c1-c1cc2c(-c3cnn(C4CCNCC4)c3)cnc(N)c2cc1C#N. The van der Waals surface area contributed by atoms with Crippen LogP contribution in [-0.2, 0) is 0 Å². The average Bonchev–Trinajstić information content (AvgIpc) is 3.29. The van der Waals surface area contributed by atoms with Gasteiger partial charge in [0.2, 0.25) is 0 Å². The van der Waals surface area contributed by atoms with E-state index in [4.69, 9.17) is 5.73 Å². The molecule has 0 atom stereocenters. The first-order valence-electron chi connectivity index (χ1n) is 10.7. The first-order chi connectivity index (χ1) is 15.6. The van der Waals surface area contributed by atoms with E-state index in [1.54, 1.807) is 18.3 Å². The van der Waals surface area contributed by atoms with Gasteiger partial charge < -0.3 is 11.1 Å². The Morgan fingerprint density at radius 2 is 1.97 bits per heavy atom. The van der Waals surface area contributed by atoms with Gasteiger partial charge in [-0.25, -0.2) is 9.37 Å². The van der Waals surface area contributed by atoms with Crippen molar-refractivity contribution in [3.8, 4) is 28.3 Å². The maximum Gasteiger partial charge on any atom is 0.131 e. The molecule has 1 aliphatic heterocycles. The number of aromatic nitrogens is 3. The first kappa shape index (κ1) is 20.2. The van der Waals surface area contributed by atoms with Crippen molar-refractivity contribution in [3.63, 3.8) is 0 Å². The maximum atomic E-state index is 14.8. The summed E-state index contributed by atoms with van der Waals surface area (Å²) in [5.74, 6) is -0.0223. The number of aryl methyl sites for hydroxylation is 1. The lowest BCUT2D eigenvalue weighted by molar-refractivity contribution is 0.343. The Bertz CT molecular complexity index is 1340. The van der Waals surface area contributed by atoms with Crippen LogP contribution in [0, 0.1) is 24.1 Å². The van der Waals surface area contributed by atoms with Crippen LogP contribution in [0.1, 0.15) is 30.0 Å². The van der Waals surface area contributed by atoms with Crippen molar-refractivity contribution in [2.75, 3.05) is 18.8 Å². The van der Waals surface area contributed by atoms with Gasteiger partial charge in [0.1, 0.15) is 11.6 Å². The molecular weight excluding hydrogens is 403 g/mol. The monoisotopic (exact) mass is 426 g/mol. The zero-order valence-corrected chi connectivity index (χ0v) is 17.8. The smallest absolute Gasteiger partial charge is 0.131 e. The van der Waals surface area contributed by atoms with Crippen LogP contribution in [0.3, 0.4) is 0 Å². The van der Waals surface area contributed by atoms with Crippen molar-refractivity contribution in [1.29, 1.82) is 5.26 Å². The standard InChI is InChI=1S/C25H23FN6/c1-15-3-2-4-23(26)24(15)19-10-20-21(9-16(19)11-27)25(28)30-13-22(20)17-12-31-32(14-17)18-5-7-29-8-6-18/h2-4,9-10,12-14,18,29H,5-8H2,1H3,(H2,28,30). The van der Waals surface area contributed by atoms with Gasteiger partial charge in [0.05, 0.1) is 23.9 Å². The Labute approximate surface area is 185 Å². The second-order valence-electron chi connectivity index (χ2n) is 8.23. The molecule has 0 spiro atoms. The van der Waals surface area contributed by atoms with Gasteiger partial charge in [-0.05, 0) is 62.0 Å². The third-order valence-corrected chi connectivity index (χ3v) is 6.26. The van der Waals surface area contributed by atoms with Crippen LogP contribution in [0.25, 0.3) is 33.0 Å². The van der Waals surface area contributed by atoms with Crippen LogP contribution in [-0.4, -0.2) is 27.9 Å². The Morgan fingerprint density at radius 3 is 2.72 bits per heavy atom. The lowest BCUT2D eigenvalue weighted by Gasteiger charge is -2.22. The molecule has 1 saturated heterocycles. The summed E-state index contributed by atoms with van der Waals surface area (Å²) >= 11 is 0. The van der Waals surface area contributed by atoms with Gasteiger partial charge in [0.25, 0.3) is 0 Å². The van der Waals surface area contributed by atoms with Crippen LogP contribution in [0.5, 0.6) is 0 Å². The zero-order chi connectivity index (χ0) is 22.2. The normalized spacial score (nSPS) is 14.5. The highest BCUT2D eigenvalue weighted by atomic mass is 19.1. The van der Waals surface area contributed by atoms with Crippen LogP contribution >= 0.6 is 0 Å². The molecule has 5 rings (SSSR count). The molecule has 0 bridgehead atoms. The Balaban J connectivity index is 1.71. The van der Waals surface area contributed by atoms with E-state index in [0.717, 1.165) is 48.0 Å². The summed E-state index contributed by atoms with van der Waals surface area (Å²) < 4.78 is 16.8. The van der Waals surface area contributed by atoms with Crippen molar-refractivity contribution in [3.05, 3.63) is 65.9 Å². The van der Waals surface area contributed by atoms with Crippen molar-refractivity contribution in [2.45, 2.75) is 25.8 Å². The number of halogens is 1. The second kappa shape index (κ2) is 8.06. The number of hydrogen-bond donors (Lipinski definition) is 2. The molecule has 1 aliphatic rings. The average molecular weight is 426 g/mol. The van der Waals surface area contributed by atoms with Crippen molar-refractivity contribution < 1.29 is 4.39 Å². The number of nitrogen functional groups attached to an aromatic ring is 1. The van der Waals surface area contributed by atoms with Crippen LogP contribution < -0.4 is 11.1 Å². The molecule has 1 fully saturated rings. The van der Waals surface area contributed by atoms with E-state index in [0.29, 0.717) is 33.9 Å². The minimum absolute atomic E-state index is 0.336. The highest BCUT2D eigenvalue weighted by Gasteiger charge is 2.19. The zero-order valence-electron chi connectivity index (χ0n) is 17.8. The molecule has 7 heteroatoms. The van der Waals surface area contributed by atoms with E-state index >= 15 is 0 Å². The number of nitrogens with zero attached hydrogens (tertiary/aromatic N) is 4. The molecule has 0 radical (unpaired) electrons. The molecule has 3 N–H and O–H groups in total. The molecule has 4 aromatic rings. The minimum atomic E-state index is -0.358. The highest BCUT2D eigenvalue weighted by molar-refractivity contribution is 6.04. The highest BCUT2D eigenvalue weighted by Crippen LogP contribution is 2.38. The van der Waals surface area contributed by atoms with Gasteiger partial charge in [0.15, 0.2) is 0 Å². The fraction of sp³-hybridized carbons (Fsp3) is 0.240. The number of rotatable bonds is 3. The Kier molecular flexibility index (Phi) is 5.08. The number of anilines is 1. The molecule has 6 nitrogen and oxygen atoms in total. The number of nitrogens with two attached hydrogens (primary N) is 1. The summed E-state index contributed by atoms with van der Waals surface area (Å²) in [7, 11) is 0. The number of nitriles is 1. The second-order valence-corrected chi connectivity index (χ2v) is 8.23. The largest absolute Gasteiger partial charge is 0.383 e. The number of piperidine rings is 1. The maximum absolute atomic E-state index is 14.8. The summed E-state index contributed by atoms with van der Waals surface area (Å²) in [5.41, 5.74) is 10.1. The number of hydrogen-bond acceptors (Lipinski definition) is 5. The molecular formula is C25H23FN6. The number of pyridine rings is 1. The summed E-state index contributed by atoms with van der Waals surface area (Å²) in [6.45, 7) is 3.80. The van der Waals surface area contributed by atoms with Crippen LogP contribution in [0.15, 0.2) is 48.9 Å². The number of benzene rings is 2. The molecule has 3 heterocycles.